The molecule has 1 unspecified atom stereocenters. The van der Waals surface area contributed by atoms with Gasteiger partial charge in [0.2, 0.25) is 0 Å². The first-order valence-electron chi connectivity index (χ1n) is 5.81. The molecule has 0 aromatic carbocycles. The molecule has 1 N–H and O–H groups in total. The van der Waals surface area contributed by atoms with E-state index in [0.29, 0.717) is 0 Å². The Morgan fingerprint density at radius 3 is 2.53 bits per heavy atom. The lowest BCUT2D eigenvalue weighted by Gasteiger charge is -2.17. The van der Waals surface area contributed by atoms with Crippen LogP contribution in [0.3, 0.4) is 0 Å². The lowest BCUT2D eigenvalue weighted by Crippen LogP contribution is -2.37. The number of rotatable bonds is 7. The van der Waals surface area contributed by atoms with Crippen molar-refractivity contribution in [1.82, 2.24) is 10.3 Å². The van der Waals surface area contributed by atoms with Gasteiger partial charge in [-0.1, -0.05) is 6.92 Å². The molecule has 5 heteroatoms. The maximum absolute atomic E-state index is 11.3. The van der Waals surface area contributed by atoms with Gasteiger partial charge in [0.15, 0.2) is 0 Å². The fourth-order valence-electron chi connectivity index (χ4n) is 1.71. The third-order valence-electron chi connectivity index (χ3n) is 2.42. The summed E-state index contributed by atoms with van der Waals surface area (Å²) >= 11 is 0. The van der Waals surface area contributed by atoms with E-state index in [1.807, 2.05) is 12.1 Å². The predicted molar refractivity (Wildman–Crippen MR) is 69.7 cm³/mol. The molecule has 0 aliphatic heterocycles. The van der Waals surface area contributed by atoms with E-state index in [9.17, 15) is 8.42 Å². The monoisotopic (exact) mass is 256 g/mol. The predicted octanol–water partition coefficient (Wildman–Crippen LogP) is 1.04. The minimum atomic E-state index is -2.95. The number of aromatic nitrogens is 1. The highest BCUT2D eigenvalue weighted by molar-refractivity contribution is 7.90. The van der Waals surface area contributed by atoms with Gasteiger partial charge in [-0.15, -0.1) is 0 Å². The highest BCUT2D eigenvalue weighted by atomic mass is 32.2. The van der Waals surface area contributed by atoms with Gasteiger partial charge >= 0.3 is 0 Å². The Hall–Kier alpha value is -0.940. The van der Waals surface area contributed by atoms with Crippen LogP contribution in [0, 0.1) is 0 Å². The zero-order valence-corrected chi connectivity index (χ0v) is 11.2. The van der Waals surface area contributed by atoms with E-state index in [1.165, 1.54) is 6.26 Å². The van der Waals surface area contributed by atoms with Crippen LogP contribution in [-0.2, 0) is 16.3 Å². The van der Waals surface area contributed by atoms with Crippen LogP contribution < -0.4 is 5.32 Å². The molecule has 0 amide bonds. The van der Waals surface area contributed by atoms with E-state index in [4.69, 9.17) is 0 Å². The molecule has 4 nitrogen and oxygen atoms in total. The second-order valence-electron chi connectivity index (χ2n) is 4.30. The van der Waals surface area contributed by atoms with Gasteiger partial charge in [0.25, 0.3) is 0 Å². The molecule has 0 saturated carbocycles. The SMILES string of the molecule is CCCNC(Cc1ccncc1)CS(C)(=O)=O. The number of hydrogen-bond donors (Lipinski definition) is 1. The van der Waals surface area contributed by atoms with E-state index >= 15 is 0 Å². The summed E-state index contributed by atoms with van der Waals surface area (Å²) in [4.78, 5) is 3.95. The molecular formula is C12H20N2O2S. The van der Waals surface area contributed by atoms with Crippen molar-refractivity contribution in [1.29, 1.82) is 0 Å². The van der Waals surface area contributed by atoms with Crippen LogP contribution in [0.15, 0.2) is 24.5 Å². The maximum atomic E-state index is 11.3. The van der Waals surface area contributed by atoms with Crippen molar-refractivity contribution >= 4 is 9.84 Å². The molecular weight excluding hydrogens is 236 g/mol. The van der Waals surface area contributed by atoms with Crippen molar-refractivity contribution in [2.75, 3.05) is 18.6 Å². The van der Waals surface area contributed by atoms with Gasteiger partial charge < -0.3 is 5.32 Å². The molecule has 0 spiro atoms. The first kappa shape index (κ1) is 14.1. The third-order valence-corrected chi connectivity index (χ3v) is 3.43. The standard InChI is InChI=1S/C12H20N2O2S/c1-3-6-14-12(10-17(2,15)16)9-11-4-7-13-8-5-11/h4-5,7-8,12,14H,3,6,9-10H2,1-2H3. The summed E-state index contributed by atoms with van der Waals surface area (Å²) in [5.41, 5.74) is 1.11. The number of sulfone groups is 1. The van der Waals surface area contributed by atoms with Gasteiger partial charge in [-0.3, -0.25) is 4.98 Å². The van der Waals surface area contributed by atoms with E-state index in [1.54, 1.807) is 12.4 Å². The summed E-state index contributed by atoms with van der Waals surface area (Å²) in [6.07, 6.45) is 6.45. The average molecular weight is 256 g/mol. The highest BCUT2D eigenvalue weighted by Crippen LogP contribution is 2.04. The molecule has 0 saturated heterocycles. The van der Waals surface area contributed by atoms with Gasteiger partial charge in [0, 0.05) is 24.7 Å². The second kappa shape index (κ2) is 6.71. The molecule has 0 fully saturated rings. The Morgan fingerprint density at radius 1 is 1.35 bits per heavy atom. The Kier molecular flexibility index (Phi) is 5.58. The first-order chi connectivity index (χ1) is 8.01. The minimum Gasteiger partial charge on any atom is -0.313 e. The normalized spacial score (nSPS) is 13.5. The number of nitrogens with one attached hydrogen (secondary N) is 1. The van der Waals surface area contributed by atoms with Gasteiger partial charge in [-0.25, -0.2) is 8.42 Å². The summed E-state index contributed by atoms with van der Waals surface area (Å²) in [7, 11) is -2.95. The van der Waals surface area contributed by atoms with Crippen LogP contribution in [0.4, 0.5) is 0 Å². The Balaban J connectivity index is 2.63. The lowest BCUT2D eigenvalue weighted by molar-refractivity contribution is 0.530. The zero-order chi connectivity index (χ0) is 12.7. The van der Waals surface area contributed by atoms with Crippen LogP contribution in [0.2, 0.25) is 0 Å². The molecule has 0 aliphatic rings. The van der Waals surface area contributed by atoms with Crippen LogP contribution in [0.1, 0.15) is 18.9 Å². The van der Waals surface area contributed by atoms with E-state index in [0.717, 1.165) is 24.9 Å². The lowest BCUT2D eigenvalue weighted by atomic mass is 10.1. The van der Waals surface area contributed by atoms with E-state index < -0.39 is 9.84 Å². The first-order valence-corrected chi connectivity index (χ1v) is 7.87. The molecule has 96 valence electrons. The van der Waals surface area contributed by atoms with Crippen molar-refractivity contribution in [3.8, 4) is 0 Å². The minimum absolute atomic E-state index is 0.0210. The smallest absolute Gasteiger partial charge is 0.148 e. The number of pyridine rings is 1. The summed E-state index contributed by atoms with van der Waals surface area (Å²) in [6, 6.07) is 3.82. The van der Waals surface area contributed by atoms with Gasteiger partial charge in [-0.2, -0.15) is 0 Å². The molecule has 0 bridgehead atoms. The molecule has 17 heavy (non-hydrogen) atoms. The van der Waals surface area contributed by atoms with Crippen LogP contribution in [0.25, 0.3) is 0 Å². The van der Waals surface area contributed by atoms with Crippen molar-refractivity contribution in [2.24, 2.45) is 0 Å². The zero-order valence-electron chi connectivity index (χ0n) is 10.4. The summed E-state index contributed by atoms with van der Waals surface area (Å²) in [6.45, 7) is 2.90. The summed E-state index contributed by atoms with van der Waals surface area (Å²) in [5, 5.41) is 3.27. The second-order valence-corrected chi connectivity index (χ2v) is 6.49. The summed E-state index contributed by atoms with van der Waals surface area (Å²) in [5.74, 6) is 0.176. The van der Waals surface area contributed by atoms with E-state index in [2.05, 4.69) is 17.2 Å². The van der Waals surface area contributed by atoms with Crippen LogP contribution >= 0.6 is 0 Å². The fraction of sp³-hybridized carbons (Fsp3) is 0.583. The summed E-state index contributed by atoms with van der Waals surface area (Å²) < 4.78 is 22.7. The third kappa shape index (κ3) is 6.38. The highest BCUT2D eigenvalue weighted by Gasteiger charge is 2.15. The fourth-order valence-corrected chi connectivity index (χ4v) is 2.67. The van der Waals surface area contributed by atoms with Crippen LogP contribution in [0.5, 0.6) is 0 Å². The Bertz CT molecular complexity index is 417. The molecule has 1 heterocycles. The average Bonchev–Trinajstić information content (AvgIpc) is 2.25. The molecule has 1 rings (SSSR count). The quantitative estimate of drug-likeness (QED) is 0.792. The number of nitrogens with zero attached hydrogens (tertiary/aromatic N) is 1. The molecule has 0 radical (unpaired) electrons. The largest absolute Gasteiger partial charge is 0.313 e. The molecule has 1 aromatic heterocycles. The van der Waals surface area contributed by atoms with Crippen LogP contribution in [-0.4, -0.2) is 38.0 Å². The van der Waals surface area contributed by atoms with Crippen molar-refractivity contribution < 1.29 is 8.42 Å². The van der Waals surface area contributed by atoms with Gasteiger partial charge in [0.05, 0.1) is 5.75 Å². The Labute approximate surface area is 103 Å². The molecule has 1 aromatic rings. The maximum Gasteiger partial charge on any atom is 0.148 e. The van der Waals surface area contributed by atoms with Gasteiger partial charge in [0.1, 0.15) is 9.84 Å². The molecule has 1 atom stereocenters. The molecule has 0 aliphatic carbocycles. The van der Waals surface area contributed by atoms with Gasteiger partial charge in [-0.05, 0) is 37.1 Å². The Morgan fingerprint density at radius 2 is 2.00 bits per heavy atom. The number of hydrogen-bond acceptors (Lipinski definition) is 4. The van der Waals surface area contributed by atoms with Crippen molar-refractivity contribution in [2.45, 2.75) is 25.8 Å². The van der Waals surface area contributed by atoms with E-state index in [-0.39, 0.29) is 11.8 Å². The topological polar surface area (TPSA) is 59.1 Å². The van der Waals surface area contributed by atoms with Crippen molar-refractivity contribution in [3.63, 3.8) is 0 Å². The van der Waals surface area contributed by atoms with Crippen molar-refractivity contribution in [3.05, 3.63) is 30.1 Å².